The molecule has 0 atom stereocenters. The van der Waals surface area contributed by atoms with Gasteiger partial charge in [0, 0.05) is 12.6 Å². The van der Waals surface area contributed by atoms with Gasteiger partial charge in [0.25, 0.3) is 0 Å². The molecular formula is C13H27NO2. The minimum absolute atomic E-state index is 0.479. The molecule has 0 spiro atoms. The third-order valence-electron chi connectivity index (χ3n) is 2.93. The molecule has 0 aliphatic rings. The summed E-state index contributed by atoms with van der Waals surface area (Å²) in [5, 5.41) is 9.06. The van der Waals surface area contributed by atoms with E-state index in [0.29, 0.717) is 18.4 Å². The van der Waals surface area contributed by atoms with Crippen LogP contribution in [0.25, 0.3) is 0 Å². The molecule has 0 aliphatic heterocycles. The number of rotatable bonds is 7. The molecule has 0 fully saturated rings. The average Bonchev–Trinajstić information content (AvgIpc) is 2.10. The molecule has 0 aromatic carbocycles. The van der Waals surface area contributed by atoms with Crippen molar-refractivity contribution < 1.29 is 9.90 Å². The number of hydrogen-bond acceptors (Lipinski definition) is 2. The van der Waals surface area contributed by atoms with Crippen molar-refractivity contribution in [2.24, 2.45) is 11.3 Å². The van der Waals surface area contributed by atoms with Gasteiger partial charge >= 0.3 is 5.97 Å². The fraction of sp³-hybridized carbons (Fsp3) is 0.923. The Morgan fingerprint density at radius 3 is 2.06 bits per heavy atom. The molecule has 0 aliphatic carbocycles. The summed E-state index contributed by atoms with van der Waals surface area (Å²) in [5.74, 6) is -0.0870. The quantitative estimate of drug-likeness (QED) is 0.729. The monoisotopic (exact) mass is 229 g/mol. The van der Waals surface area contributed by atoms with Gasteiger partial charge in [-0.05, 0) is 46.6 Å². The van der Waals surface area contributed by atoms with E-state index in [4.69, 9.17) is 5.11 Å². The van der Waals surface area contributed by atoms with Crippen LogP contribution in [-0.4, -0.2) is 35.1 Å². The van der Waals surface area contributed by atoms with Crippen molar-refractivity contribution in [3.8, 4) is 0 Å². The SMILES string of the molecule is CC(C)CN(CCC(C)(C)C(=O)O)C(C)C. The van der Waals surface area contributed by atoms with Gasteiger partial charge < -0.3 is 10.0 Å². The van der Waals surface area contributed by atoms with Crippen LogP contribution in [0.1, 0.15) is 48.0 Å². The number of hydrogen-bond donors (Lipinski definition) is 1. The molecule has 0 amide bonds. The highest BCUT2D eigenvalue weighted by atomic mass is 16.4. The predicted octanol–water partition coefficient (Wildman–Crippen LogP) is 2.85. The summed E-state index contributed by atoms with van der Waals surface area (Å²) >= 11 is 0. The summed E-state index contributed by atoms with van der Waals surface area (Å²) in [7, 11) is 0. The molecule has 0 radical (unpaired) electrons. The van der Waals surface area contributed by atoms with E-state index in [1.54, 1.807) is 13.8 Å². The van der Waals surface area contributed by atoms with Gasteiger partial charge in [0.1, 0.15) is 0 Å². The zero-order valence-corrected chi connectivity index (χ0v) is 11.6. The summed E-state index contributed by atoms with van der Waals surface area (Å²) in [6.45, 7) is 14.2. The van der Waals surface area contributed by atoms with Gasteiger partial charge in [-0.2, -0.15) is 0 Å². The summed E-state index contributed by atoms with van der Waals surface area (Å²) in [6.07, 6.45) is 0.702. The molecule has 3 nitrogen and oxygen atoms in total. The van der Waals surface area contributed by atoms with Crippen molar-refractivity contribution in [2.45, 2.75) is 54.0 Å². The molecule has 0 saturated heterocycles. The van der Waals surface area contributed by atoms with Gasteiger partial charge in [0.05, 0.1) is 5.41 Å². The van der Waals surface area contributed by atoms with Crippen molar-refractivity contribution in [3.05, 3.63) is 0 Å². The van der Waals surface area contributed by atoms with Crippen LogP contribution < -0.4 is 0 Å². The van der Waals surface area contributed by atoms with Crippen molar-refractivity contribution in [2.75, 3.05) is 13.1 Å². The lowest BCUT2D eigenvalue weighted by Gasteiger charge is -2.31. The Labute approximate surface area is 99.8 Å². The van der Waals surface area contributed by atoms with Crippen LogP contribution in [0, 0.1) is 11.3 Å². The maximum atomic E-state index is 11.0. The molecule has 0 rings (SSSR count). The van der Waals surface area contributed by atoms with Crippen LogP contribution in [-0.2, 0) is 4.79 Å². The van der Waals surface area contributed by atoms with Gasteiger partial charge in [-0.1, -0.05) is 13.8 Å². The van der Waals surface area contributed by atoms with E-state index in [-0.39, 0.29) is 0 Å². The van der Waals surface area contributed by atoms with E-state index in [1.807, 2.05) is 0 Å². The fourth-order valence-electron chi connectivity index (χ4n) is 1.56. The number of nitrogens with zero attached hydrogens (tertiary/aromatic N) is 1. The van der Waals surface area contributed by atoms with Crippen LogP contribution >= 0.6 is 0 Å². The lowest BCUT2D eigenvalue weighted by atomic mass is 9.89. The van der Waals surface area contributed by atoms with E-state index in [0.717, 1.165) is 13.1 Å². The third-order valence-corrected chi connectivity index (χ3v) is 2.93. The van der Waals surface area contributed by atoms with Gasteiger partial charge in [-0.3, -0.25) is 4.79 Å². The Hall–Kier alpha value is -0.570. The Balaban J connectivity index is 4.27. The number of carboxylic acids is 1. The molecule has 0 heterocycles. The zero-order valence-electron chi connectivity index (χ0n) is 11.6. The van der Waals surface area contributed by atoms with Crippen LogP contribution in [0.4, 0.5) is 0 Å². The van der Waals surface area contributed by atoms with Crippen LogP contribution in [0.15, 0.2) is 0 Å². The van der Waals surface area contributed by atoms with Gasteiger partial charge in [0.15, 0.2) is 0 Å². The first-order chi connectivity index (χ1) is 7.16. The van der Waals surface area contributed by atoms with Crippen molar-refractivity contribution in [1.29, 1.82) is 0 Å². The molecule has 96 valence electrons. The first-order valence-corrected chi connectivity index (χ1v) is 6.14. The summed E-state index contributed by atoms with van der Waals surface area (Å²) in [6, 6.07) is 0.479. The minimum atomic E-state index is -0.708. The van der Waals surface area contributed by atoms with E-state index in [2.05, 4.69) is 32.6 Å². The number of carboxylic acid groups (broad SMARTS) is 1. The Kier molecular flexibility index (Phi) is 6.01. The lowest BCUT2D eigenvalue weighted by Crippen LogP contribution is -2.38. The summed E-state index contributed by atoms with van der Waals surface area (Å²) in [5.41, 5.74) is -0.621. The summed E-state index contributed by atoms with van der Waals surface area (Å²) in [4.78, 5) is 13.4. The van der Waals surface area contributed by atoms with E-state index in [9.17, 15) is 4.79 Å². The molecule has 0 aromatic rings. The lowest BCUT2D eigenvalue weighted by molar-refractivity contribution is -0.147. The molecule has 1 N–H and O–H groups in total. The standard InChI is InChI=1S/C13H27NO2/c1-10(2)9-14(11(3)4)8-7-13(5,6)12(15)16/h10-11H,7-9H2,1-6H3,(H,15,16). The average molecular weight is 229 g/mol. The minimum Gasteiger partial charge on any atom is -0.481 e. The van der Waals surface area contributed by atoms with E-state index < -0.39 is 11.4 Å². The van der Waals surface area contributed by atoms with Gasteiger partial charge in [-0.25, -0.2) is 0 Å². The number of carbonyl (C=O) groups is 1. The highest BCUT2D eigenvalue weighted by Gasteiger charge is 2.27. The fourth-order valence-corrected chi connectivity index (χ4v) is 1.56. The maximum absolute atomic E-state index is 11.0. The second-order valence-electron chi connectivity index (χ2n) is 5.92. The largest absolute Gasteiger partial charge is 0.481 e. The molecule has 16 heavy (non-hydrogen) atoms. The molecule has 0 saturated carbocycles. The Bertz CT molecular complexity index is 222. The topological polar surface area (TPSA) is 40.5 Å². The maximum Gasteiger partial charge on any atom is 0.309 e. The van der Waals surface area contributed by atoms with Crippen LogP contribution in [0.5, 0.6) is 0 Å². The second kappa shape index (κ2) is 6.24. The predicted molar refractivity (Wildman–Crippen MR) is 67.6 cm³/mol. The van der Waals surface area contributed by atoms with Gasteiger partial charge in [-0.15, -0.1) is 0 Å². The molecule has 3 heteroatoms. The van der Waals surface area contributed by atoms with E-state index >= 15 is 0 Å². The summed E-state index contributed by atoms with van der Waals surface area (Å²) < 4.78 is 0. The highest BCUT2D eigenvalue weighted by molar-refractivity contribution is 5.73. The first-order valence-electron chi connectivity index (χ1n) is 6.14. The van der Waals surface area contributed by atoms with Crippen molar-refractivity contribution in [3.63, 3.8) is 0 Å². The smallest absolute Gasteiger partial charge is 0.309 e. The molecule has 0 bridgehead atoms. The number of aliphatic carboxylic acids is 1. The highest BCUT2D eigenvalue weighted by Crippen LogP contribution is 2.21. The second-order valence-corrected chi connectivity index (χ2v) is 5.92. The molecule has 0 aromatic heterocycles. The zero-order chi connectivity index (χ0) is 12.9. The van der Waals surface area contributed by atoms with Crippen molar-refractivity contribution >= 4 is 5.97 Å². The molecule has 0 unspecified atom stereocenters. The van der Waals surface area contributed by atoms with Gasteiger partial charge in [0.2, 0.25) is 0 Å². The Morgan fingerprint density at radius 1 is 1.25 bits per heavy atom. The van der Waals surface area contributed by atoms with Crippen molar-refractivity contribution in [1.82, 2.24) is 4.90 Å². The first kappa shape index (κ1) is 15.4. The van der Waals surface area contributed by atoms with E-state index in [1.165, 1.54) is 0 Å². The molecular weight excluding hydrogens is 202 g/mol. The van der Waals surface area contributed by atoms with Crippen LogP contribution in [0.3, 0.4) is 0 Å². The third kappa shape index (κ3) is 5.50. The normalized spacial score (nSPS) is 12.8. The van der Waals surface area contributed by atoms with Crippen LogP contribution in [0.2, 0.25) is 0 Å². The Morgan fingerprint density at radius 2 is 1.75 bits per heavy atom.